The van der Waals surface area contributed by atoms with E-state index in [1.54, 1.807) is 23.1 Å². The van der Waals surface area contributed by atoms with Crippen molar-refractivity contribution in [2.75, 3.05) is 4.90 Å². The van der Waals surface area contributed by atoms with Crippen LogP contribution in [0.1, 0.15) is 26.9 Å². The molecule has 0 saturated carbocycles. The molecular weight excluding hydrogens is 470 g/mol. The molecule has 2 heterocycles. The van der Waals surface area contributed by atoms with Crippen molar-refractivity contribution in [2.45, 2.75) is 15.9 Å². The number of ketones is 1. The number of fused-ring (bicyclic) bond motifs is 5. The molecule has 4 aromatic carbocycles. The molecular formula is C30H19NO2S2. The molecule has 0 spiro atoms. The maximum atomic E-state index is 13.4. The summed E-state index contributed by atoms with van der Waals surface area (Å²) in [4.78, 5) is 19.1. The first kappa shape index (κ1) is 20.7. The van der Waals surface area contributed by atoms with Crippen LogP contribution in [0.3, 0.4) is 0 Å². The molecule has 1 unspecified atom stereocenters. The summed E-state index contributed by atoms with van der Waals surface area (Å²) in [6.07, 6.45) is 0.937. The second-order valence-corrected chi connectivity index (χ2v) is 10.8. The minimum atomic E-state index is -0.916. The fourth-order valence-corrected chi connectivity index (χ4v) is 7.03. The number of aliphatic hydroxyl groups excluding tert-OH is 1. The number of thiophene rings is 1. The van der Waals surface area contributed by atoms with E-state index >= 15 is 0 Å². The summed E-state index contributed by atoms with van der Waals surface area (Å²) in [6.45, 7) is 0. The maximum absolute atomic E-state index is 13.4. The highest BCUT2D eigenvalue weighted by Crippen LogP contribution is 2.52. The van der Waals surface area contributed by atoms with Crippen LogP contribution in [0, 0.1) is 0 Å². The van der Waals surface area contributed by atoms with Gasteiger partial charge in [0.1, 0.15) is 11.1 Å². The SMILES string of the molecule is O=C1/C(=C/c2ccc(N3c4ccccc4Sc4ccccc43)s2)C(O)c2ccc3ccccc3c21. The second-order valence-electron chi connectivity index (χ2n) is 8.63. The molecule has 168 valence electrons. The molecule has 1 aromatic heterocycles. The van der Waals surface area contributed by atoms with Crippen LogP contribution in [-0.2, 0) is 0 Å². The molecule has 1 N–H and O–H groups in total. The summed E-state index contributed by atoms with van der Waals surface area (Å²) in [7, 11) is 0. The molecule has 1 atom stereocenters. The third-order valence-corrected chi connectivity index (χ3v) is 8.75. The molecule has 3 nitrogen and oxygen atoms in total. The summed E-state index contributed by atoms with van der Waals surface area (Å²) >= 11 is 3.40. The number of nitrogens with zero attached hydrogens (tertiary/aromatic N) is 1. The van der Waals surface area contributed by atoms with Gasteiger partial charge in [-0.3, -0.25) is 9.69 Å². The Bertz CT molecular complexity index is 1640. The largest absolute Gasteiger partial charge is 0.383 e. The number of hydrogen-bond acceptors (Lipinski definition) is 5. The van der Waals surface area contributed by atoms with E-state index in [-0.39, 0.29) is 5.78 Å². The number of benzene rings is 4. The minimum absolute atomic E-state index is 0.0932. The van der Waals surface area contributed by atoms with E-state index in [4.69, 9.17) is 0 Å². The monoisotopic (exact) mass is 489 g/mol. The molecule has 5 heteroatoms. The van der Waals surface area contributed by atoms with Crippen LogP contribution < -0.4 is 4.90 Å². The molecule has 7 rings (SSSR count). The van der Waals surface area contributed by atoms with Gasteiger partial charge >= 0.3 is 0 Å². The number of para-hydroxylation sites is 2. The van der Waals surface area contributed by atoms with Gasteiger partial charge in [0, 0.05) is 25.8 Å². The Balaban J connectivity index is 1.31. The van der Waals surface area contributed by atoms with Crippen molar-refractivity contribution in [1.82, 2.24) is 0 Å². The Morgan fingerprint density at radius 2 is 1.46 bits per heavy atom. The Morgan fingerprint density at radius 1 is 0.771 bits per heavy atom. The third-order valence-electron chi connectivity index (χ3n) is 6.60. The number of anilines is 3. The zero-order valence-electron chi connectivity index (χ0n) is 18.5. The highest BCUT2D eigenvalue weighted by atomic mass is 32.2. The molecule has 0 amide bonds. The summed E-state index contributed by atoms with van der Waals surface area (Å²) < 4.78 is 0. The lowest BCUT2D eigenvalue weighted by Gasteiger charge is -2.31. The van der Waals surface area contributed by atoms with Gasteiger partial charge in [0.25, 0.3) is 0 Å². The van der Waals surface area contributed by atoms with Crippen molar-refractivity contribution in [3.63, 3.8) is 0 Å². The summed E-state index contributed by atoms with van der Waals surface area (Å²) in [5, 5.41) is 14.0. The predicted molar refractivity (Wildman–Crippen MR) is 144 cm³/mol. The van der Waals surface area contributed by atoms with Crippen molar-refractivity contribution in [3.8, 4) is 0 Å². The molecule has 1 aliphatic heterocycles. The topological polar surface area (TPSA) is 40.5 Å². The van der Waals surface area contributed by atoms with Crippen LogP contribution in [0.25, 0.3) is 16.8 Å². The maximum Gasteiger partial charge on any atom is 0.193 e. The van der Waals surface area contributed by atoms with E-state index in [1.165, 1.54) is 9.79 Å². The van der Waals surface area contributed by atoms with Crippen LogP contribution in [0.4, 0.5) is 16.4 Å². The van der Waals surface area contributed by atoms with Gasteiger partial charge in [-0.25, -0.2) is 0 Å². The van der Waals surface area contributed by atoms with E-state index in [2.05, 4.69) is 59.5 Å². The molecule has 35 heavy (non-hydrogen) atoms. The van der Waals surface area contributed by atoms with E-state index in [1.807, 2.05) is 48.5 Å². The van der Waals surface area contributed by atoms with Crippen molar-refractivity contribution < 1.29 is 9.90 Å². The highest BCUT2D eigenvalue weighted by Gasteiger charge is 2.35. The van der Waals surface area contributed by atoms with Gasteiger partial charge in [0.15, 0.2) is 5.78 Å². The van der Waals surface area contributed by atoms with E-state index in [0.29, 0.717) is 16.7 Å². The average molecular weight is 490 g/mol. The summed E-state index contributed by atoms with van der Waals surface area (Å²) in [5.41, 5.74) is 4.03. The third kappa shape index (κ3) is 3.20. The van der Waals surface area contributed by atoms with Crippen LogP contribution >= 0.6 is 23.1 Å². The fraction of sp³-hybridized carbons (Fsp3) is 0.0333. The molecule has 2 aliphatic rings. The fourth-order valence-electron chi connectivity index (χ4n) is 4.99. The van der Waals surface area contributed by atoms with Gasteiger partial charge in [0.05, 0.1) is 11.4 Å². The highest BCUT2D eigenvalue weighted by molar-refractivity contribution is 7.99. The number of carbonyl (C=O) groups excluding carboxylic acids is 1. The smallest absolute Gasteiger partial charge is 0.193 e. The predicted octanol–water partition coefficient (Wildman–Crippen LogP) is 8.15. The normalized spacial score (nSPS) is 17.5. The minimum Gasteiger partial charge on any atom is -0.383 e. The van der Waals surface area contributed by atoms with Gasteiger partial charge in [-0.05, 0) is 58.8 Å². The van der Waals surface area contributed by atoms with Gasteiger partial charge in [-0.2, -0.15) is 0 Å². The average Bonchev–Trinajstić information content (AvgIpc) is 3.45. The molecule has 1 aliphatic carbocycles. The second kappa shape index (κ2) is 7.95. The first-order valence-electron chi connectivity index (χ1n) is 11.4. The number of hydrogen-bond donors (Lipinski definition) is 1. The van der Waals surface area contributed by atoms with E-state index in [0.717, 1.165) is 32.0 Å². The van der Waals surface area contributed by atoms with E-state index in [9.17, 15) is 9.90 Å². The molecule has 0 saturated heterocycles. The first-order chi connectivity index (χ1) is 17.2. The number of aliphatic hydroxyl groups is 1. The van der Waals surface area contributed by atoms with Crippen molar-refractivity contribution in [1.29, 1.82) is 0 Å². The van der Waals surface area contributed by atoms with Crippen molar-refractivity contribution in [2.24, 2.45) is 0 Å². The van der Waals surface area contributed by atoms with E-state index < -0.39 is 6.10 Å². The van der Waals surface area contributed by atoms with Crippen molar-refractivity contribution in [3.05, 3.63) is 119 Å². The Morgan fingerprint density at radius 3 is 2.23 bits per heavy atom. The van der Waals surface area contributed by atoms with Crippen LogP contribution in [0.15, 0.2) is 112 Å². The van der Waals surface area contributed by atoms with Crippen LogP contribution in [0.5, 0.6) is 0 Å². The number of rotatable bonds is 2. The van der Waals surface area contributed by atoms with Crippen LogP contribution in [-0.4, -0.2) is 10.9 Å². The Kier molecular flexibility index (Phi) is 4.71. The standard InChI is InChI=1S/C30H19NO2S2/c32-29-21-15-13-18-7-1-2-8-20(18)28(21)30(33)22(29)17-19-14-16-27(34-19)31-23-9-3-5-11-25(23)35-26-12-6-4-10-24(26)31/h1-17,29,32H/b22-17+. The summed E-state index contributed by atoms with van der Waals surface area (Å²) in [5.74, 6) is -0.0932. The number of Topliss-reactive ketones (excluding diaryl/α,β-unsaturated/α-hetero) is 1. The number of carbonyl (C=O) groups is 1. The lowest BCUT2D eigenvalue weighted by molar-refractivity contribution is 0.102. The van der Waals surface area contributed by atoms with Gasteiger partial charge in [0.2, 0.25) is 0 Å². The zero-order valence-corrected chi connectivity index (χ0v) is 20.1. The van der Waals surface area contributed by atoms with Crippen LogP contribution in [0.2, 0.25) is 0 Å². The van der Waals surface area contributed by atoms with Gasteiger partial charge < -0.3 is 5.11 Å². The molecule has 0 bridgehead atoms. The Hall–Kier alpha value is -3.64. The first-order valence-corrected chi connectivity index (χ1v) is 13.0. The zero-order chi connectivity index (χ0) is 23.5. The lowest BCUT2D eigenvalue weighted by Crippen LogP contribution is -2.13. The quantitative estimate of drug-likeness (QED) is 0.249. The van der Waals surface area contributed by atoms with Crippen molar-refractivity contribution >= 4 is 62.1 Å². The lowest BCUT2D eigenvalue weighted by atomic mass is 10.0. The molecule has 0 radical (unpaired) electrons. The Labute approximate surface area is 211 Å². The molecule has 5 aromatic rings. The van der Waals surface area contributed by atoms with Gasteiger partial charge in [-0.1, -0.05) is 72.4 Å². The molecule has 0 fully saturated rings. The van der Waals surface area contributed by atoms with Gasteiger partial charge in [-0.15, -0.1) is 11.3 Å². The summed E-state index contributed by atoms with van der Waals surface area (Å²) in [6, 6.07) is 32.6.